The molecule has 3 aromatic rings. The zero-order valence-corrected chi connectivity index (χ0v) is 14.1. The first-order valence-electron chi connectivity index (χ1n) is 7.34. The van der Waals surface area contributed by atoms with Crippen LogP contribution in [0.4, 0.5) is 5.69 Å². The van der Waals surface area contributed by atoms with Gasteiger partial charge >= 0.3 is 5.97 Å². The number of pyridine rings is 1. The fourth-order valence-corrected chi connectivity index (χ4v) is 2.26. The van der Waals surface area contributed by atoms with Gasteiger partial charge in [-0.3, -0.25) is 15.1 Å². The minimum absolute atomic E-state index is 0.0139. The lowest BCUT2D eigenvalue weighted by molar-refractivity contribution is -0.384. The predicted molar refractivity (Wildman–Crippen MR) is 89.5 cm³/mol. The molecule has 9 nitrogen and oxygen atoms in total. The molecule has 0 bridgehead atoms. The number of rotatable bonds is 5. The molecule has 1 aromatic carbocycles. The van der Waals surface area contributed by atoms with Crippen LogP contribution in [0.2, 0.25) is 5.02 Å². The maximum Gasteiger partial charge on any atom is 0.339 e. The monoisotopic (exact) mass is 374 g/mol. The lowest BCUT2D eigenvalue weighted by atomic mass is 10.2. The first-order chi connectivity index (χ1) is 12.5. The third kappa shape index (κ3) is 3.67. The molecular weight excluding hydrogens is 364 g/mol. The van der Waals surface area contributed by atoms with E-state index in [-0.39, 0.29) is 22.2 Å². The summed E-state index contributed by atoms with van der Waals surface area (Å²) in [6.07, 6.45) is 2.33. The molecular formula is C16H11ClN4O5. The van der Waals surface area contributed by atoms with Crippen molar-refractivity contribution in [3.05, 3.63) is 69.3 Å². The van der Waals surface area contributed by atoms with Crippen LogP contribution in [0, 0.1) is 10.1 Å². The van der Waals surface area contributed by atoms with Crippen LogP contribution in [0.3, 0.4) is 0 Å². The third-order valence-electron chi connectivity index (χ3n) is 3.37. The molecule has 0 aliphatic heterocycles. The lowest BCUT2D eigenvalue weighted by Crippen LogP contribution is -2.10. The van der Waals surface area contributed by atoms with Crippen molar-refractivity contribution < 1.29 is 19.0 Å². The summed E-state index contributed by atoms with van der Waals surface area (Å²) in [7, 11) is 0. The molecule has 0 fully saturated rings. The van der Waals surface area contributed by atoms with Crippen LogP contribution >= 0.6 is 11.6 Å². The smallest absolute Gasteiger partial charge is 0.339 e. The summed E-state index contributed by atoms with van der Waals surface area (Å²) in [5, 5.41) is 14.6. The van der Waals surface area contributed by atoms with Crippen LogP contribution in [0.1, 0.15) is 29.3 Å². The molecule has 0 aliphatic carbocycles. The Kier molecular flexibility index (Phi) is 4.90. The second-order valence-corrected chi connectivity index (χ2v) is 5.58. The summed E-state index contributed by atoms with van der Waals surface area (Å²) in [6.45, 7) is 1.54. The number of ether oxygens (including phenoxy) is 1. The number of hydrogen-bond acceptors (Lipinski definition) is 8. The number of nitro groups is 1. The molecule has 132 valence electrons. The van der Waals surface area contributed by atoms with Gasteiger partial charge in [-0.1, -0.05) is 16.8 Å². The summed E-state index contributed by atoms with van der Waals surface area (Å²) in [6, 6.07) is 7.12. The SMILES string of the molecule is CC(OC(=O)c1ccc(Cl)c([N+](=O)[O-])c1)c1nc(-c2cccnc2)no1. The standard InChI is InChI=1S/C16H11ClN4O5/c1-9(15-19-14(20-26-15)11-3-2-6-18-8-11)25-16(22)10-4-5-12(17)13(7-10)21(23)24/h2-9H,1H3. The van der Waals surface area contributed by atoms with Gasteiger partial charge in [-0.15, -0.1) is 0 Å². The molecule has 0 spiro atoms. The number of nitrogens with zero attached hydrogens (tertiary/aromatic N) is 4. The van der Waals surface area contributed by atoms with Crippen molar-refractivity contribution in [1.82, 2.24) is 15.1 Å². The fourth-order valence-electron chi connectivity index (χ4n) is 2.07. The Morgan fingerprint density at radius 3 is 2.88 bits per heavy atom. The first-order valence-corrected chi connectivity index (χ1v) is 7.72. The van der Waals surface area contributed by atoms with Gasteiger partial charge in [-0.2, -0.15) is 4.98 Å². The molecule has 26 heavy (non-hydrogen) atoms. The van der Waals surface area contributed by atoms with E-state index < -0.39 is 17.0 Å². The van der Waals surface area contributed by atoms with Crippen LogP contribution < -0.4 is 0 Å². The highest BCUT2D eigenvalue weighted by molar-refractivity contribution is 6.32. The molecule has 3 rings (SSSR count). The molecule has 2 aromatic heterocycles. The molecule has 0 radical (unpaired) electrons. The number of halogens is 1. The van der Waals surface area contributed by atoms with E-state index in [1.165, 1.54) is 12.1 Å². The topological polar surface area (TPSA) is 121 Å². The molecule has 0 saturated carbocycles. The highest BCUT2D eigenvalue weighted by Crippen LogP contribution is 2.27. The Morgan fingerprint density at radius 1 is 1.38 bits per heavy atom. The second-order valence-electron chi connectivity index (χ2n) is 5.17. The Bertz CT molecular complexity index is 960. The third-order valence-corrected chi connectivity index (χ3v) is 3.69. The quantitative estimate of drug-likeness (QED) is 0.377. The van der Waals surface area contributed by atoms with Crippen molar-refractivity contribution in [3.8, 4) is 11.4 Å². The largest absolute Gasteiger partial charge is 0.449 e. The molecule has 0 saturated heterocycles. The average molecular weight is 375 g/mol. The molecule has 1 unspecified atom stereocenters. The van der Waals surface area contributed by atoms with Gasteiger partial charge in [0.15, 0.2) is 6.10 Å². The number of carbonyl (C=O) groups is 1. The van der Waals surface area contributed by atoms with E-state index in [4.69, 9.17) is 20.9 Å². The summed E-state index contributed by atoms with van der Waals surface area (Å²) in [4.78, 5) is 30.6. The number of aromatic nitrogens is 3. The van der Waals surface area contributed by atoms with Gasteiger partial charge in [-0.25, -0.2) is 4.79 Å². The zero-order valence-electron chi connectivity index (χ0n) is 13.3. The normalized spacial score (nSPS) is 11.8. The van der Waals surface area contributed by atoms with E-state index in [1.54, 1.807) is 31.5 Å². The highest BCUT2D eigenvalue weighted by atomic mass is 35.5. The van der Waals surface area contributed by atoms with Gasteiger partial charge in [0.25, 0.3) is 11.6 Å². The predicted octanol–water partition coefficient (Wildman–Crippen LogP) is 3.61. The zero-order chi connectivity index (χ0) is 18.7. The van der Waals surface area contributed by atoms with Crippen molar-refractivity contribution in [2.24, 2.45) is 0 Å². The number of benzene rings is 1. The van der Waals surface area contributed by atoms with Crippen molar-refractivity contribution in [2.45, 2.75) is 13.0 Å². The van der Waals surface area contributed by atoms with Crippen LogP contribution in [-0.2, 0) is 4.74 Å². The van der Waals surface area contributed by atoms with E-state index in [1.807, 2.05) is 0 Å². The van der Waals surface area contributed by atoms with Crippen molar-refractivity contribution in [3.63, 3.8) is 0 Å². The van der Waals surface area contributed by atoms with Gasteiger partial charge in [0.05, 0.1) is 10.5 Å². The lowest BCUT2D eigenvalue weighted by Gasteiger charge is -2.09. The van der Waals surface area contributed by atoms with Gasteiger partial charge in [0, 0.05) is 24.0 Å². The van der Waals surface area contributed by atoms with Crippen LogP contribution in [-0.4, -0.2) is 26.0 Å². The number of carbonyl (C=O) groups excluding carboxylic acids is 1. The Hall–Kier alpha value is -3.33. The maximum absolute atomic E-state index is 12.2. The summed E-state index contributed by atoms with van der Waals surface area (Å²) < 4.78 is 10.3. The van der Waals surface area contributed by atoms with E-state index in [0.29, 0.717) is 11.4 Å². The van der Waals surface area contributed by atoms with E-state index in [0.717, 1.165) is 6.07 Å². The minimum Gasteiger partial charge on any atom is -0.449 e. The van der Waals surface area contributed by atoms with Crippen LogP contribution in [0.15, 0.2) is 47.2 Å². The van der Waals surface area contributed by atoms with Gasteiger partial charge in [-0.05, 0) is 31.2 Å². The van der Waals surface area contributed by atoms with Gasteiger partial charge in [0.2, 0.25) is 5.82 Å². The molecule has 0 amide bonds. The summed E-state index contributed by atoms with van der Waals surface area (Å²) in [5.41, 5.74) is 0.250. The first kappa shape index (κ1) is 17.5. The molecule has 2 heterocycles. The number of hydrogen-bond donors (Lipinski definition) is 0. The van der Waals surface area contributed by atoms with Gasteiger partial charge in [0.1, 0.15) is 5.02 Å². The Labute approximate surface area is 151 Å². The van der Waals surface area contributed by atoms with Gasteiger partial charge < -0.3 is 9.26 Å². The molecule has 0 aliphatic rings. The Balaban J connectivity index is 1.75. The Morgan fingerprint density at radius 2 is 2.19 bits per heavy atom. The summed E-state index contributed by atoms with van der Waals surface area (Å²) in [5.74, 6) is -0.391. The fraction of sp³-hybridized carbons (Fsp3) is 0.125. The second kappa shape index (κ2) is 7.28. The minimum atomic E-state index is -0.852. The van der Waals surface area contributed by atoms with E-state index in [9.17, 15) is 14.9 Å². The molecule has 10 heteroatoms. The maximum atomic E-state index is 12.2. The van der Waals surface area contributed by atoms with Crippen LogP contribution in [0.25, 0.3) is 11.4 Å². The number of nitro benzene ring substituents is 1. The molecule has 0 N–H and O–H groups in total. The van der Waals surface area contributed by atoms with Crippen molar-refractivity contribution in [1.29, 1.82) is 0 Å². The summed E-state index contributed by atoms with van der Waals surface area (Å²) >= 11 is 5.73. The van der Waals surface area contributed by atoms with E-state index in [2.05, 4.69) is 15.1 Å². The average Bonchev–Trinajstić information content (AvgIpc) is 3.13. The highest BCUT2D eigenvalue weighted by Gasteiger charge is 2.22. The number of esters is 1. The van der Waals surface area contributed by atoms with E-state index >= 15 is 0 Å². The molecule has 1 atom stereocenters. The van der Waals surface area contributed by atoms with Crippen molar-refractivity contribution >= 4 is 23.3 Å². The van der Waals surface area contributed by atoms with Crippen molar-refractivity contribution in [2.75, 3.05) is 0 Å². The van der Waals surface area contributed by atoms with Crippen LogP contribution in [0.5, 0.6) is 0 Å².